The molecule has 0 heterocycles. The number of phenols is 1. The highest BCUT2D eigenvalue weighted by Gasteiger charge is 2.33. The first-order chi connectivity index (χ1) is 6.93. The summed E-state index contributed by atoms with van der Waals surface area (Å²) in [7, 11) is 0. The van der Waals surface area contributed by atoms with Crippen LogP contribution in [0.5, 0.6) is 5.75 Å². The second kappa shape index (κ2) is 6.70. The van der Waals surface area contributed by atoms with Gasteiger partial charge in [0.25, 0.3) is 0 Å². The Balaban J connectivity index is 0.000000921. The van der Waals surface area contributed by atoms with Crippen LogP contribution < -0.4 is 0 Å². The zero-order valence-corrected chi connectivity index (χ0v) is 11.4. The number of rotatable bonds is 1. The van der Waals surface area contributed by atoms with E-state index in [1.807, 2.05) is 13.8 Å². The molecule has 1 aromatic rings. The van der Waals surface area contributed by atoms with Gasteiger partial charge in [-0.2, -0.15) is 0 Å². The van der Waals surface area contributed by atoms with Crippen LogP contribution in [-0.2, 0) is 0 Å². The van der Waals surface area contributed by atoms with Gasteiger partial charge in [-0.15, -0.1) is 11.6 Å². The van der Waals surface area contributed by atoms with Crippen molar-refractivity contribution < 1.29 is 5.11 Å². The van der Waals surface area contributed by atoms with Gasteiger partial charge in [-0.05, 0) is 6.07 Å². The van der Waals surface area contributed by atoms with Crippen molar-refractivity contribution in [3.8, 4) is 5.75 Å². The van der Waals surface area contributed by atoms with Gasteiger partial charge in [0.1, 0.15) is 11.1 Å². The third-order valence-corrected chi connectivity index (χ3v) is 3.05. The summed E-state index contributed by atoms with van der Waals surface area (Å²) in [4.78, 5) is 0. The van der Waals surface area contributed by atoms with Crippen LogP contribution in [0.3, 0.4) is 0 Å². The lowest BCUT2D eigenvalue weighted by atomic mass is 10.1. The molecular weight excluding hydrogens is 278 g/mol. The molecule has 5 heteroatoms. The standard InChI is InChI=1S/C8H6Cl4O.C2H6/c9-7(8(10,11)12)5-3-1-2-4-6(5)13;1-2/h1-4,7,13H;1-2H3. The molecule has 1 N–H and O–H groups in total. The Morgan fingerprint density at radius 1 is 1.13 bits per heavy atom. The highest BCUT2D eigenvalue weighted by molar-refractivity contribution is 6.70. The summed E-state index contributed by atoms with van der Waals surface area (Å²) < 4.78 is -1.62. The minimum atomic E-state index is -1.62. The number of hydrogen-bond donors (Lipinski definition) is 1. The molecule has 0 aliphatic rings. The molecule has 0 saturated carbocycles. The Kier molecular flexibility index (Phi) is 6.78. The molecule has 0 spiro atoms. The molecule has 0 aromatic heterocycles. The van der Waals surface area contributed by atoms with Crippen LogP contribution in [0.2, 0.25) is 0 Å². The van der Waals surface area contributed by atoms with Gasteiger partial charge in [0.05, 0.1) is 0 Å². The summed E-state index contributed by atoms with van der Waals surface area (Å²) in [5.74, 6) is 0.0221. The van der Waals surface area contributed by atoms with Crippen LogP contribution in [0.4, 0.5) is 0 Å². The zero-order valence-electron chi connectivity index (χ0n) is 8.35. The molecule has 1 nitrogen and oxygen atoms in total. The predicted molar refractivity (Wildman–Crippen MR) is 68.3 cm³/mol. The molecule has 0 fully saturated rings. The van der Waals surface area contributed by atoms with Crippen molar-refractivity contribution in [2.45, 2.75) is 23.0 Å². The van der Waals surface area contributed by atoms with Crippen LogP contribution in [0.1, 0.15) is 24.8 Å². The van der Waals surface area contributed by atoms with Crippen molar-refractivity contribution in [1.29, 1.82) is 0 Å². The van der Waals surface area contributed by atoms with Gasteiger partial charge in [0.15, 0.2) is 0 Å². The normalized spacial score (nSPS) is 12.7. The Labute approximate surface area is 110 Å². The lowest BCUT2D eigenvalue weighted by Gasteiger charge is -2.18. The zero-order chi connectivity index (χ0) is 12.1. The molecule has 0 radical (unpaired) electrons. The Bertz CT molecular complexity index is 296. The second-order valence-electron chi connectivity index (χ2n) is 2.46. The predicted octanol–water partition coefficient (Wildman–Crippen LogP) is 5.07. The average Bonchev–Trinajstić information content (AvgIpc) is 2.19. The quantitative estimate of drug-likeness (QED) is 0.716. The number of alkyl halides is 4. The molecule has 0 aliphatic carbocycles. The summed E-state index contributed by atoms with van der Waals surface area (Å²) in [6, 6.07) is 6.47. The van der Waals surface area contributed by atoms with Gasteiger partial charge in [-0.25, -0.2) is 0 Å². The van der Waals surface area contributed by atoms with E-state index >= 15 is 0 Å². The maximum absolute atomic E-state index is 9.38. The van der Waals surface area contributed by atoms with Crippen LogP contribution in [0.25, 0.3) is 0 Å². The number of hydrogen-bond acceptors (Lipinski definition) is 1. The van der Waals surface area contributed by atoms with Crippen molar-refractivity contribution in [2.75, 3.05) is 0 Å². The topological polar surface area (TPSA) is 20.2 Å². The Morgan fingerprint density at radius 3 is 2.00 bits per heavy atom. The van der Waals surface area contributed by atoms with Gasteiger partial charge < -0.3 is 5.11 Å². The fourth-order valence-electron chi connectivity index (χ4n) is 0.878. The highest BCUT2D eigenvalue weighted by Crippen LogP contribution is 2.46. The lowest BCUT2D eigenvalue weighted by molar-refractivity contribution is 0.467. The lowest BCUT2D eigenvalue weighted by Crippen LogP contribution is -2.11. The SMILES string of the molecule is CC.Oc1ccccc1C(Cl)C(Cl)(Cl)Cl. The first kappa shape index (κ1) is 15.2. The van der Waals surface area contributed by atoms with E-state index in [1.165, 1.54) is 6.07 Å². The van der Waals surface area contributed by atoms with Gasteiger partial charge in [0.2, 0.25) is 3.79 Å². The monoisotopic (exact) mass is 288 g/mol. The Morgan fingerprint density at radius 2 is 1.60 bits per heavy atom. The minimum absolute atomic E-state index is 0.0221. The molecule has 1 aromatic carbocycles. The largest absolute Gasteiger partial charge is 0.508 e. The van der Waals surface area contributed by atoms with Crippen molar-refractivity contribution in [3.63, 3.8) is 0 Å². The van der Waals surface area contributed by atoms with Crippen LogP contribution in [0.15, 0.2) is 24.3 Å². The molecule has 15 heavy (non-hydrogen) atoms. The first-order valence-electron chi connectivity index (χ1n) is 4.41. The fourth-order valence-corrected chi connectivity index (χ4v) is 1.42. The van der Waals surface area contributed by atoms with E-state index in [1.54, 1.807) is 18.2 Å². The fraction of sp³-hybridized carbons (Fsp3) is 0.400. The molecule has 86 valence electrons. The summed E-state index contributed by atoms with van der Waals surface area (Å²) in [5.41, 5.74) is 0.407. The second-order valence-corrected chi connectivity index (χ2v) is 5.27. The summed E-state index contributed by atoms with van der Waals surface area (Å²) in [6.45, 7) is 4.00. The van der Waals surface area contributed by atoms with E-state index < -0.39 is 9.17 Å². The van der Waals surface area contributed by atoms with Crippen LogP contribution in [0, 0.1) is 0 Å². The molecular formula is C10H12Cl4O. The van der Waals surface area contributed by atoms with Gasteiger partial charge in [-0.3, -0.25) is 0 Å². The third-order valence-electron chi connectivity index (χ3n) is 1.50. The van der Waals surface area contributed by atoms with Gasteiger partial charge >= 0.3 is 0 Å². The summed E-state index contributed by atoms with van der Waals surface area (Å²) in [5, 5.41) is 8.52. The van der Waals surface area contributed by atoms with Crippen molar-refractivity contribution in [2.24, 2.45) is 0 Å². The minimum Gasteiger partial charge on any atom is -0.508 e. The average molecular weight is 290 g/mol. The van der Waals surface area contributed by atoms with Crippen molar-refractivity contribution in [3.05, 3.63) is 29.8 Å². The smallest absolute Gasteiger partial charge is 0.210 e. The molecule has 1 unspecified atom stereocenters. The number of aromatic hydroxyl groups is 1. The van der Waals surface area contributed by atoms with E-state index in [-0.39, 0.29) is 5.75 Å². The van der Waals surface area contributed by atoms with Crippen LogP contribution in [-0.4, -0.2) is 8.90 Å². The molecule has 0 saturated heterocycles. The maximum Gasteiger partial charge on any atom is 0.210 e. The van der Waals surface area contributed by atoms with E-state index in [4.69, 9.17) is 46.4 Å². The first-order valence-corrected chi connectivity index (χ1v) is 5.98. The summed E-state index contributed by atoms with van der Waals surface area (Å²) in [6.07, 6.45) is 0. The molecule has 0 aliphatic heterocycles. The molecule has 1 rings (SSSR count). The van der Waals surface area contributed by atoms with E-state index in [0.29, 0.717) is 5.56 Å². The van der Waals surface area contributed by atoms with Crippen LogP contribution >= 0.6 is 46.4 Å². The summed E-state index contributed by atoms with van der Waals surface area (Å²) >= 11 is 22.6. The molecule has 0 amide bonds. The van der Waals surface area contributed by atoms with Crippen molar-refractivity contribution in [1.82, 2.24) is 0 Å². The van der Waals surface area contributed by atoms with E-state index in [0.717, 1.165) is 0 Å². The Hall–Kier alpha value is 0.180. The maximum atomic E-state index is 9.38. The van der Waals surface area contributed by atoms with Gasteiger partial charge in [-0.1, -0.05) is 66.8 Å². The third kappa shape index (κ3) is 4.69. The van der Waals surface area contributed by atoms with Crippen molar-refractivity contribution >= 4 is 46.4 Å². The molecule has 0 bridgehead atoms. The molecule has 1 atom stereocenters. The number of halogens is 4. The number of benzene rings is 1. The number of para-hydroxylation sites is 1. The van der Waals surface area contributed by atoms with Gasteiger partial charge in [0, 0.05) is 5.56 Å². The number of phenolic OH excluding ortho intramolecular Hbond substituents is 1. The van der Waals surface area contributed by atoms with E-state index in [9.17, 15) is 5.11 Å². The highest BCUT2D eigenvalue weighted by atomic mass is 35.6. The van der Waals surface area contributed by atoms with E-state index in [2.05, 4.69) is 0 Å².